The van der Waals surface area contributed by atoms with Crippen LogP contribution in [0.1, 0.15) is 0 Å². The number of hydrogen-bond donors (Lipinski definition) is 2. The van der Waals surface area contributed by atoms with Gasteiger partial charge in [0.2, 0.25) is 0 Å². The summed E-state index contributed by atoms with van der Waals surface area (Å²) in [5.74, 6) is 0.629. The second-order valence-electron chi connectivity index (χ2n) is 3.14. The van der Waals surface area contributed by atoms with Crippen molar-refractivity contribution in [2.24, 2.45) is 0 Å². The van der Waals surface area contributed by atoms with Gasteiger partial charge in [0.15, 0.2) is 0 Å². The molecule has 0 atom stereocenters. The van der Waals surface area contributed by atoms with Gasteiger partial charge < -0.3 is 16.0 Å². The highest BCUT2D eigenvalue weighted by Gasteiger charge is 2.12. The maximum absolute atomic E-state index is 5.78. The minimum Gasteiger partial charge on any atom is -0.382 e. The summed E-state index contributed by atoms with van der Waals surface area (Å²) >= 11 is 0. The van der Waals surface area contributed by atoms with Crippen LogP contribution in [0.25, 0.3) is 0 Å². The van der Waals surface area contributed by atoms with E-state index in [1.165, 1.54) is 0 Å². The van der Waals surface area contributed by atoms with Crippen molar-refractivity contribution in [3.05, 3.63) is 18.3 Å². The van der Waals surface area contributed by atoms with E-state index in [9.17, 15) is 0 Å². The molecule has 6 heteroatoms. The molecule has 4 nitrogen and oxygen atoms in total. The molecule has 2 heterocycles. The topological polar surface area (TPSA) is 54.2 Å². The number of nitrogens with one attached hydrogen (secondary N) is 1. The maximum Gasteiger partial charge on any atom is 0.146 e. The van der Waals surface area contributed by atoms with Crippen LogP contribution in [0.15, 0.2) is 18.3 Å². The van der Waals surface area contributed by atoms with Crippen molar-refractivity contribution in [1.29, 1.82) is 0 Å². The van der Waals surface area contributed by atoms with Gasteiger partial charge in [0.25, 0.3) is 0 Å². The smallest absolute Gasteiger partial charge is 0.146 e. The number of piperazine rings is 1. The van der Waals surface area contributed by atoms with E-state index in [4.69, 9.17) is 5.73 Å². The third-order valence-corrected chi connectivity index (χ3v) is 2.27. The van der Waals surface area contributed by atoms with E-state index in [1.54, 1.807) is 6.20 Å². The van der Waals surface area contributed by atoms with Crippen LogP contribution in [0.3, 0.4) is 0 Å². The Hall–Kier alpha value is -0.710. The van der Waals surface area contributed by atoms with E-state index in [2.05, 4.69) is 15.2 Å². The summed E-state index contributed by atoms with van der Waals surface area (Å²) in [7, 11) is 0. The molecule has 0 aromatic carbocycles. The monoisotopic (exact) mass is 250 g/mol. The zero-order chi connectivity index (χ0) is 9.10. The molecule has 0 spiro atoms. The number of hydrogen-bond acceptors (Lipinski definition) is 4. The number of anilines is 2. The molecule has 1 aliphatic heterocycles. The lowest BCUT2D eigenvalue weighted by atomic mass is 10.3. The lowest BCUT2D eigenvalue weighted by Gasteiger charge is -2.29. The number of nitrogen functional groups attached to an aromatic ring is 1. The summed E-state index contributed by atoms with van der Waals surface area (Å²) in [4.78, 5) is 6.33. The van der Waals surface area contributed by atoms with Gasteiger partial charge in [0.05, 0.1) is 5.69 Å². The minimum absolute atomic E-state index is 0. The van der Waals surface area contributed by atoms with Crippen molar-refractivity contribution in [2.75, 3.05) is 36.8 Å². The van der Waals surface area contributed by atoms with Crippen LogP contribution in [0.2, 0.25) is 0 Å². The van der Waals surface area contributed by atoms with E-state index in [0.29, 0.717) is 5.82 Å². The van der Waals surface area contributed by atoms with Crippen LogP contribution in [0, 0.1) is 0 Å². The predicted octanol–water partition coefficient (Wildman–Crippen LogP) is 0.917. The largest absolute Gasteiger partial charge is 0.382 e. The average molecular weight is 251 g/mol. The van der Waals surface area contributed by atoms with Crippen LogP contribution in [-0.4, -0.2) is 31.2 Å². The van der Waals surface area contributed by atoms with E-state index in [1.807, 2.05) is 12.1 Å². The molecule has 1 aromatic heterocycles. The van der Waals surface area contributed by atoms with Gasteiger partial charge in [-0.25, -0.2) is 4.98 Å². The molecule has 0 unspecified atom stereocenters. The first-order valence-electron chi connectivity index (χ1n) is 4.54. The highest BCUT2D eigenvalue weighted by atomic mass is 35.5. The van der Waals surface area contributed by atoms with E-state index < -0.39 is 0 Å². The van der Waals surface area contributed by atoms with Crippen LogP contribution in [0.5, 0.6) is 0 Å². The van der Waals surface area contributed by atoms with E-state index in [0.717, 1.165) is 31.9 Å². The summed E-state index contributed by atoms with van der Waals surface area (Å²) < 4.78 is 0. The first kappa shape index (κ1) is 14.3. The molecule has 15 heavy (non-hydrogen) atoms. The Morgan fingerprint density at radius 2 is 1.93 bits per heavy atom. The number of nitrogens with zero attached hydrogens (tertiary/aromatic N) is 2. The molecular formula is C9H16Cl2N4. The molecule has 1 aliphatic rings. The van der Waals surface area contributed by atoms with E-state index in [-0.39, 0.29) is 24.8 Å². The number of rotatable bonds is 1. The molecule has 0 saturated carbocycles. The molecule has 1 aromatic rings. The fourth-order valence-electron chi connectivity index (χ4n) is 1.58. The standard InChI is InChI=1S/C9H14N4.2ClH/c10-9-8(2-1-3-12-9)13-6-4-11-5-7-13;;/h1-3,11H,4-7H2,(H2,10,12);2*1H. The van der Waals surface area contributed by atoms with Gasteiger partial charge >= 0.3 is 0 Å². The summed E-state index contributed by atoms with van der Waals surface area (Å²) in [6.45, 7) is 4.06. The summed E-state index contributed by atoms with van der Waals surface area (Å²) in [6, 6.07) is 3.95. The van der Waals surface area contributed by atoms with Crippen LogP contribution >= 0.6 is 24.8 Å². The van der Waals surface area contributed by atoms with Gasteiger partial charge in [0.1, 0.15) is 5.82 Å². The Morgan fingerprint density at radius 1 is 1.27 bits per heavy atom. The Morgan fingerprint density at radius 3 is 2.53 bits per heavy atom. The predicted molar refractivity (Wildman–Crippen MR) is 68.2 cm³/mol. The first-order valence-corrected chi connectivity index (χ1v) is 4.54. The quantitative estimate of drug-likeness (QED) is 0.779. The summed E-state index contributed by atoms with van der Waals surface area (Å²) in [5.41, 5.74) is 6.84. The minimum atomic E-state index is 0. The van der Waals surface area contributed by atoms with Crippen molar-refractivity contribution in [3.8, 4) is 0 Å². The van der Waals surface area contributed by atoms with Crippen LogP contribution < -0.4 is 16.0 Å². The molecular weight excluding hydrogens is 235 g/mol. The molecule has 3 N–H and O–H groups in total. The van der Waals surface area contributed by atoms with Gasteiger partial charge in [-0.2, -0.15) is 0 Å². The Balaban J connectivity index is 0.000000980. The van der Waals surface area contributed by atoms with Gasteiger partial charge in [0, 0.05) is 32.4 Å². The number of nitrogens with two attached hydrogens (primary N) is 1. The molecule has 2 rings (SSSR count). The van der Waals surface area contributed by atoms with Crippen LogP contribution in [0.4, 0.5) is 11.5 Å². The Kier molecular flexibility index (Phi) is 6.40. The highest BCUT2D eigenvalue weighted by Crippen LogP contribution is 2.19. The third kappa shape index (κ3) is 3.41. The number of pyridine rings is 1. The van der Waals surface area contributed by atoms with Crippen molar-refractivity contribution < 1.29 is 0 Å². The second-order valence-corrected chi connectivity index (χ2v) is 3.14. The molecule has 0 amide bonds. The zero-order valence-electron chi connectivity index (χ0n) is 8.35. The lowest BCUT2D eigenvalue weighted by Crippen LogP contribution is -2.43. The molecule has 1 fully saturated rings. The Bertz CT molecular complexity index is 289. The fourth-order valence-corrected chi connectivity index (χ4v) is 1.58. The molecule has 0 radical (unpaired) electrons. The first-order chi connectivity index (χ1) is 6.38. The highest BCUT2D eigenvalue weighted by molar-refractivity contribution is 5.85. The zero-order valence-corrected chi connectivity index (χ0v) is 9.98. The van der Waals surface area contributed by atoms with Gasteiger partial charge in [-0.3, -0.25) is 0 Å². The lowest BCUT2D eigenvalue weighted by molar-refractivity contribution is 0.589. The van der Waals surface area contributed by atoms with Crippen molar-refractivity contribution in [1.82, 2.24) is 10.3 Å². The molecule has 86 valence electrons. The average Bonchev–Trinajstić information content (AvgIpc) is 2.20. The molecule has 0 aliphatic carbocycles. The van der Waals surface area contributed by atoms with Crippen molar-refractivity contribution in [2.45, 2.75) is 0 Å². The molecule has 1 saturated heterocycles. The fraction of sp³-hybridized carbons (Fsp3) is 0.444. The van der Waals surface area contributed by atoms with Gasteiger partial charge in [-0.05, 0) is 12.1 Å². The van der Waals surface area contributed by atoms with Crippen molar-refractivity contribution in [3.63, 3.8) is 0 Å². The van der Waals surface area contributed by atoms with Crippen molar-refractivity contribution >= 4 is 36.3 Å². The maximum atomic E-state index is 5.78. The SMILES string of the molecule is Cl.Cl.Nc1ncccc1N1CCNCC1. The summed E-state index contributed by atoms with van der Waals surface area (Å²) in [6.07, 6.45) is 1.72. The number of aromatic nitrogens is 1. The normalized spacial score (nSPS) is 15.1. The Labute approximate surface area is 102 Å². The summed E-state index contributed by atoms with van der Waals surface area (Å²) in [5, 5.41) is 3.30. The molecule has 0 bridgehead atoms. The van der Waals surface area contributed by atoms with Crippen LogP contribution in [-0.2, 0) is 0 Å². The number of halogens is 2. The van der Waals surface area contributed by atoms with Gasteiger partial charge in [-0.1, -0.05) is 0 Å². The third-order valence-electron chi connectivity index (χ3n) is 2.27. The second kappa shape index (κ2) is 6.71. The van der Waals surface area contributed by atoms with Gasteiger partial charge in [-0.15, -0.1) is 24.8 Å². The van der Waals surface area contributed by atoms with E-state index >= 15 is 0 Å².